The predicted octanol–water partition coefficient (Wildman–Crippen LogP) is 3.35. The maximum Gasteiger partial charge on any atom is 0.416 e. The number of amides is 2. The summed E-state index contributed by atoms with van der Waals surface area (Å²) in [4.78, 5) is 34.5. The molecule has 160 valence electrons. The highest BCUT2D eigenvalue weighted by molar-refractivity contribution is 8.00. The molecule has 1 aromatic carbocycles. The van der Waals surface area contributed by atoms with Crippen molar-refractivity contribution in [1.29, 1.82) is 0 Å². The Morgan fingerprint density at radius 3 is 2.84 bits per heavy atom. The van der Waals surface area contributed by atoms with E-state index in [-0.39, 0.29) is 30.6 Å². The number of rotatable bonds is 5. The van der Waals surface area contributed by atoms with E-state index in [4.69, 9.17) is 0 Å². The molecule has 2 amide bonds. The van der Waals surface area contributed by atoms with Crippen molar-refractivity contribution in [3.8, 4) is 11.5 Å². The van der Waals surface area contributed by atoms with Gasteiger partial charge in [0.25, 0.3) is 0 Å². The van der Waals surface area contributed by atoms with Crippen LogP contribution in [0.15, 0.2) is 47.5 Å². The molecule has 1 aliphatic heterocycles. The SMILES string of the molecule is O=C(CCN1C(=O)CSc2cc(C(F)(F)F)ccc21)Nc1n[nH]c(-c2ccccn2)n1. The van der Waals surface area contributed by atoms with E-state index in [0.29, 0.717) is 22.1 Å². The van der Waals surface area contributed by atoms with Crippen molar-refractivity contribution >= 4 is 35.2 Å². The summed E-state index contributed by atoms with van der Waals surface area (Å²) < 4.78 is 38.8. The number of carbonyl (C=O) groups excluding carboxylic acids is 2. The predicted molar refractivity (Wildman–Crippen MR) is 107 cm³/mol. The number of halogens is 3. The Labute approximate surface area is 178 Å². The number of aromatic amines is 1. The van der Waals surface area contributed by atoms with E-state index in [9.17, 15) is 22.8 Å². The lowest BCUT2D eigenvalue weighted by Gasteiger charge is -2.29. The molecule has 3 aromatic rings. The number of benzene rings is 1. The third-order valence-corrected chi connectivity index (χ3v) is 5.47. The largest absolute Gasteiger partial charge is 0.416 e. The van der Waals surface area contributed by atoms with Gasteiger partial charge in [-0.15, -0.1) is 16.9 Å². The van der Waals surface area contributed by atoms with Crippen molar-refractivity contribution < 1.29 is 22.8 Å². The van der Waals surface area contributed by atoms with Gasteiger partial charge in [0.05, 0.1) is 17.0 Å². The Balaban J connectivity index is 1.41. The van der Waals surface area contributed by atoms with Crippen molar-refractivity contribution in [2.45, 2.75) is 17.5 Å². The summed E-state index contributed by atoms with van der Waals surface area (Å²) in [6.45, 7) is 0.0150. The highest BCUT2D eigenvalue weighted by Gasteiger charge is 2.33. The molecule has 0 saturated carbocycles. The second-order valence-electron chi connectivity index (χ2n) is 6.54. The molecule has 0 aliphatic carbocycles. The van der Waals surface area contributed by atoms with Gasteiger partial charge in [0, 0.05) is 24.1 Å². The molecule has 4 rings (SSSR count). The summed E-state index contributed by atoms with van der Waals surface area (Å²) >= 11 is 1.05. The molecular weight excluding hydrogens is 433 g/mol. The van der Waals surface area contributed by atoms with E-state index >= 15 is 0 Å². The van der Waals surface area contributed by atoms with Gasteiger partial charge in [0.15, 0.2) is 5.82 Å². The highest BCUT2D eigenvalue weighted by atomic mass is 32.2. The number of thioether (sulfide) groups is 1. The summed E-state index contributed by atoms with van der Waals surface area (Å²) in [6, 6.07) is 8.48. The summed E-state index contributed by atoms with van der Waals surface area (Å²) in [5.74, 6) is -0.272. The molecule has 31 heavy (non-hydrogen) atoms. The van der Waals surface area contributed by atoms with Gasteiger partial charge in [0.2, 0.25) is 17.8 Å². The molecule has 0 atom stereocenters. The van der Waals surface area contributed by atoms with Crippen LogP contribution in [0.25, 0.3) is 11.5 Å². The summed E-state index contributed by atoms with van der Waals surface area (Å²) in [6.07, 6.45) is -2.95. The van der Waals surface area contributed by atoms with Crippen LogP contribution in [0.5, 0.6) is 0 Å². The number of hydrogen-bond acceptors (Lipinski definition) is 6. The molecule has 2 aromatic heterocycles. The van der Waals surface area contributed by atoms with E-state index in [1.165, 1.54) is 11.0 Å². The van der Waals surface area contributed by atoms with Crippen molar-refractivity contribution in [1.82, 2.24) is 20.2 Å². The number of hydrogen-bond donors (Lipinski definition) is 2. The first-order valence-electron chi connectivity index (χ1n) is 9.09. The molecule has 0 fully saturated rings. The number of carbonyl (C=O) groups is 2. The van der Waals surface area contributed by atoms with E-state index < -0.39 is 17.6 Å². The zero-order chi connectivity index (χ0) is 22.0. The number of fused-ring (bicyclic) bond motifs is 1. The number of H-pyrrole nitrogens is 1. The minimum atomic E-state index is -4.47. The fraction of sp³-hybridized carbons (Fsp3) is 0.211. The molecule has 0 radical (unpaired) electrons. The number of nitrogens with zero attached hydrogens (tertiary/aromatic N) is 4. The lowest BCUT2D eigenvalue weighted by atomic mass is 10.1. The third kappa shape index (κ3) is 4.68. The molecule has 0 saturated heterocycles. The second kappa shape index (κ2) is 8.38. The van der Waals surface area contributed by atoms with Crippen LogP contribution in [0, 0.1) is 0 Å². The Morgan fingerprint density at radius 1 is 1.26 bits per heavy atom. The van der Waals surface area contributed by atoms with Gasteiger partial charge in [-0.2, -0.15) is 18.2 Å². The normalized spacial score (nSPS) is 13.8. The fourth-order valence-electron chi connectivity index (χ4n) is 2.96. The van der Waals surface area contributed by atoms with Crippen LogP contribution in [0.3, 0.4) is 0 Å². The molecule has 12 heteroatoms. The topological polar surface area (TPSA) is 104 Å². The van der Waals surface area contributed by atoms with Crippen LogP contribution >= 0.6 is 11.8 Å². The van der Waals surface area contributed by atoms with Gasteiger partial charge < -0.3 is 4.90 Å². The van der Waals surface area contributed by atoms with Crippen LogP contribution in [0.2, 0.25) is 0 Å². The van der Waals surface area contributed by atoms with Gasteiger partial charge >= 0.3 is 6.18 Å². The molecule has 2 N–H and O–H groups in total. The number of pyridine rings is 1. The lowest BCUT2D eigenvalue weighted by molar-refractivity contribution is -0.137. The minimum absolute atomic E-state index is 0.00425. The Hall–Kier alpha value is -3.41. The highest BCUT2D eigenvalue weighted by Crippen LogP contribution is 2.40. The first-order chi connectivity index (χ1) is 14.8. The van der Waals surface area contributed by atoms with Crippen molar-refractivity contribution in [3.05, 3.63) is 48.2 Å². The monoisotopic (exact) mass is 448 g/mol. The molecule has 0 spiro atoms. The molecule has 0 bridgehead atoms. The van der Waals surface area contributed by atoms with Crippen LogP contribution < -0.4 is 10.2 Å². The second-order valence-corrected chi connectivity index (χ2v) is 7.55. The number of alkyl halides is 3. The maximum atomic E-state index is 12.9. The fourth-order valence-corrected chi connectivity index (χ4v) is 3.93. The summed E-state index contributed by atoms with van der Waals surface area (Å²) in [7, 11) is 0. The Bertz CT molecular complexity index is 1120. The lowest BCUT2D eigenvalue weighted by Crippen LogP contribution is -2.37. The first-order valence-corrected chi connectivity index (χ1v) is 10.1. The quantitative estimate of drug-likeness (QED) is 0.621. The average molecular weight is 448 g/mol. The first kappa shape index (κ1) is 20.8. The zero-order valence-corrected chi connectivity index (χ0v) is 16.6. The number of nitrogens with one attached hydrogen (secondary N) is 2. The Morgan fingerprint density at radius 2 is 2.10 bits per heavy atom. The van der Waals surface area contributed by atoms with Gasteiger partial charge in [-0.1, -0.05) is 6.07 Å². The van der Waals surface area contributed by atoms with Crippen LogP contribution in [-0.4, -0.2) is 44.3 Å². The van der Waals surface area contributed by atoms with Crippen LogP contribution in [0.4, 0.5) is 24.8 Å². The zero-order valence-electron chi connectivity index (χ0n) is 15.8. The molecule has 8 nitrogen and oxygen atoms in total. The van der Waals surface area contributed by atoms with Gasteiger partial charge in [-0.25, -0.2) is 0 Å². The van der Waals surface area contributed by atoms with E-state index in [2.05, 4.69) is 25.5 Å². The van der Waals surface area contributed by atoms with Crippen molar-refractivity contribution in [3.63, 3.8) is 0 Å². The molecule has 0 unspecified atom stereocenters. The van der Waals surface area contributed by atoms with Crippen LogP contribution in [-0.2, 0) is 15.8 Å². The smallest absolute Gasteiger partial charge is 0.310 e. The van der Waals surface area contributed by atoms with Gasteiger partial charge in [-0.3, -0.25) is 25.0 Å². The number of anilines is 2. The molecule has 3 heterocycles. The van der Waals surface area contributed by atoms with Crippen LogP contribution in [0.1, 0.15) is 12.0 Å². The standard InChI is InChI=1S/C19H15F3N6O2S/c20-19(21,22)11-4-5-13-14(9-11)31-10-16(30)28(13)8-6-15(29)24-18-25-17(26-27-18)12-3-1-2-7-23-12/h1-5,7,9H,6,8,10H2,(H2,24,25,26,27,29). The number of aromatic nitrogens is 4. The maximum absolute atomic E-state index is 12.9. The Kier molecular flexibility index (Phi) is 5.63. The van der Waals surface area contributed by atoms with Crippen molar-refractivity contribution in [2.24, 2.45) is 0 Å². The minimum Gasteiger partial charge on any atom is -0.310 e. The van der Waals surface area contributed by atoms with E-state index in [1.807, 2.05) is 0 Å². The average Bonchev–Trinajstić information content (AvgIpc) is 3.21. The van der Waals surface area contributed by atoms with Crippen molar-refractivity contribution in [2.75, 3.05) is 22.5 Å². The van der Waals surface area contributed by atoms with Gasteiger partial charge in [0.1, 0.15) is 5.69 Å². The molecular formula is C19H15F3N6O2S. The third-order valence-electron chi connectivity index (χ3n) is 4.44. The molecule has 1 aliphatic rings. The van der Waals surface area contributed by atoms with Gasteiger partial charge in [-0.05, 0) is 30.3 Å². The van der Waals surface area contributed by atoms with E-state index in [1.54, 1.807) is 24.4 Å². The van der Waals surface area contributed by atoms with E-state index in [0.717, 1.165) is 23.9 Å². The summed E-state index contributed by atoms with van der Waals surface area (Å²) in [5.41, 5.74) is 0.137. The summed E-state index contributed by atoms with van der Waals surface area (Å²) in [5, 5.41) is 9.11.